The molecule has 3 atom stereocenters. The Kier molecular flexibility index (Phi) is 3.69. The SMILES string of the molecule is CC1SCCC1N[C@H](C)CO. The Morgan fingerprint density at radius 3 is 2.91 bits per heavy atom. The first-order valence-corrected chi connectivity index (χ1v) is 5.27. The van der Waals surface area contributed by atoms with Crippen molar-refractivity contribution in [2.75, 3.05) is 12.4 Å². The van der Waals surface area contributed by atoms with Gasteiger partial charge in [-0.3, -0.25) is 0 Å². The second-order valence-corrected chi connectivity index (χ2v) is 4.71. The van der Waals surface area contributed by atoms with Gasteiger partial charge in [-0.2, -0.15) is 11.8 Å². The van der Waals surface area contributed by atoms with Crippen LogP contribution < -0.4 is 5.32 Å². The van der Waals surface area contributed by atoms with Crippen LogP contribution in [0.15, 0.2) is 0 Å². The molecule has 66 valence electrons. The molecule has 0 saturated carbocycles. The minimum Gasteiger partial charge on any atom is -0.395 e. The van der Waals surface area contributed by atoms with Crippen LogP contribution in [0.1, 0.15) is 20.3 Å². The topological polar surface area (TPSA) is 32.3 Å². The van der Waals surface area contributed by atoms with Crippen molar-refractivity contribution in [2.24, 2.45) is 0 Å². The third-order valence-electron chi connectivity index (χ3n) is 2.15. The summed E-state index contributed by atoms with van der Waals surface area (Å²) in [5.74, 6) is 1.26. The lowest BCUT2D eigenvalue weighted by atomic mass is 10.1. The summed E-state index contributed by atoms with van der Waals surface area (Å²) in [6.45, 7) is 4.52. The highest BCUT2D eigenvalue weighted by Crippen LogP contribution is 2.26. The molecule has 0 bridgehead atoms. The lowest BCUT2D eigenvalue weighted by Crippen LogP contribution is -2.41. The molecule has 1 rings (SSSR count). The maximum Gasteiger partial charge on any atom is 0.0582 e. The van der Waals surface area contributed by atoms with Gasteiger partial charge in [0.05, 0.1) is 6.61 Å². The Morgan fingerprint density at radius 1 is 1.73 bits per heavy atom. The van der Waals surface area contributed by atoms with E-state index < -0.39 is 0 Å². The maximum absolute atomic E-state index is 8.81. The molecule has 3 heteroatoms. The molecule has 2 unspecified atom stereocenters. The quantitative estimate of drug-likeness (QED) is 0.667. The molecule has 1 heterocycles. The van der Waals surface area contributed by atoms with Gasteiger partial charge in [-0.25, -0.2) is 0 Å². The second kappa shape index (κ2) is 4.33. The number of hydrogen-bond acceptors (Lipinski definition) is 3. The van der Waals surface area contributed by atoms with E-state index in [9.17, 15) is 0 Å². The summed E-state index contributed by atoms with van der Waals surface area (Å²) in [5, 5.41) is 12.9. The van der Waals surface area contributed by atoms with Gasteiger partial charge in [0.1, 0.15) is 0 Å². The molecule has 0 amide bonds. The van der Waals surface area contributed by atoms with Crippen molar-refractivity contribution >= 4 is 11.8 Å². The van der Waals surface area contributed by atoms with Gasteiger partial charge in [-0.1, -0.05) is 6.92 Å². The molecule has 0 spiro atoms. The first-order valence-electron chi connectivity index (χ1n) is 4.22. The molecular weight excluding hydrogens is 158 g/mol. The number of aliphatic hydroxyl groups is 1. The van der Waals surface area contributed by atoms with Crippen LogP contribution in [0.5, 0.6) is 0 Å². The molecule has 1 fully saturated rings. The second-order valence-electron chi connectivity index (χ2n) is 3.22. The zero-order valence-corrected chi connectivity index (χ0v) is 8.03. The number of aliphatic hydroxyl groups excluding tert-OH is 1. The van der Waals surface area contributed by atoms with Gasteiger partial charge in [0, 0.05) is 17.3 Å². The van der Waals surface area contributed by atoms with Crippen LogP contribution in [0.4, 0.5) is 0 Å². The molecule has 0 aromatic heterocycles. The van der Waals surface area contributed by atoms with Crippen LogP contribution in [0.3, 0.4) is 0 Å². The van der Waals surface area contributed by atoms with E-state index >= 15 is 0 Å². The molecule has 1 saturated heterocycles. The van der Waals surface area contributed by atoms with Gasteiger partial charge in [-0.05, 0) is 19.1 Å². The van der Waals surface area contributed by atoms with Crippen molar-refractivity contribution in [3.63, 3.8) is 0 Å². The average Bonchev–Trinajstić information content (AvgIpc) is 2.37. The monoisotopic (exact) mass is 175 g/mol. The lowest BCUT2D eigenvalue weighted by molar-refractivity contribution is 0.240. The predicted molar refractivity (Wildman–Crippen MR) is 50.0 cm³/mol. The van der Waals surface area contributed by atoms with E-state index in [0.29, 0.717) is 11.3 Å². The Balaban J connectivity index is 2.24. The first-order chi connectivity index (χ1) is 5.24. The standard InChI is InChI=1S/C8H17NOS/c1-6(5-10)9-8-3-4-11-7(8)2/h6-10H,3-5H2,1-2H3/t6-,7?,8?/m1/s1. The summed E-state index contributed by atoms with van der Waals surface area (Å²) in [7, 11) is 0. The molecule has 0 aliphatic carbocycles. The Bertz CT molecular complexity index is 121. The number of hydrogen-bond donors (Lipinski definition) is 2. The summed E-state index contributed by atoms with van der Waals surface area (Å²) in [5.41, 5.74) is 0. The van der Waals surface area contributed by atoms with E-state index in [-0.39, 0.29) is 12.6 Å². The van der Waals surface area contributed by atoms with Crippen LogP contribution in [0.25, 0.3) is 0 Å². The smallest absolute Gasteiger partial charge is 0.0582 e. The summed E-state index contributed by atoms with van der Waals surface area (Å²) in [4.78, 5) is 0. The van der Waals surface area contributed by atoms with E-state index in [0.717, 1.165) is 0 Å². The minimum absolute atomic E-state index is 0.244. The third-order valence-corrected chi connectivity index (χ3v) is 3.47. The van der Waals surface area contributed by atoms with Crippen molar-refractivity contribution in [1.82, 2.24) is 5.32 Å². The van der Waals surface area contributed by atoms with E-state index in [1.54, 1.807) is 0 Å². The Labute approximate surface area is 72.8 Å². The fourth-order valence-electron chi connectivity index (χ4n) is 1.37. The van der Waals surface area contributed by atoms with Crippen molar-refractivity contribution in [3.05, 3.63) is 0 Å². The molecule has 0 aromatic carbocycles. The van der Waals surface area contributed by atoms with Gasteiger partial charge in [0.15, 0.2) is 0 Å². The fraction of sp³-hybridized carbons (Fsp3) is 1.00. The predicted octanol–water partition coefficient (Wildman–Crippen LogP) is 0.851. The maximum atomic E-state index is 8.81. The number of rotatable bonds is 3. The molecule has 1 aliphatic rings. The van der Waals surface area contributed by atoms with Gasteiger partial charge in [0.2, 0.25) is 0 Å². The highest BCUT2D eigenvalue weighted by molar-refractivity contribution is 8.00. The van der Waals surface area contributed by atoms with Crippen molar-refractivity contribution < 1.29 is 5.11 Å². The van der Waals surface area contributed by atoms with Crippen LogP contribution in [0.2, 0.25) is 0 Å². The fourth-order valence-corrected chi connectivity index (χ4v) is 2.58. The molecular formula is C8H17NOS. The van der Waals surface area contributed by atoms with Crippen molar-refractivity contribution in [3.8, 4) is 0 Å². The zero-order chi connectivity index (χ0) is 8.27. The summed E-state index contributed by atoms with van der Waals surface area (Å²) >= 11 is 2.01. The zero-order valence-electron chi connectivity index (χ0n) is 7.21. The molecule has 2 nitrogen and oxygen atoms in total. The van der Waals surface area contributed by atoms with E-state index in [2.05, 4.69) is 12.2 Å². The molecule has 11 heavy (non-hydrogen) atoms. The van der Waals surface area contributed by atoms with Crippen molar-refractivity contribution in [2.45, 2.75) is 37.6 Å². The van der Waals surface area contributed by atoms with Crippen LogP contribution >= 0.6 is 11.8 Å². The molecule has 2 N–H and O–H groups in total. The van der Waals surface area contributed by atoms with E-state index in [1.165, 1.54) is 12.2 Å². The van der Waals surface area contributed by atoms with Gasteiger partial charge >= 0.3 is 0 Å². The summed E-state index contributed by atoms with van der Waals surface area (Å²) in [6.07, 6.45) is 1.25. The lowest BCUT2D eigenvalue weighted by Gasteiger charge is -2.20. The molecule has 1 aliphatic heterocycles. The third kappa shape index (κ3) is 2.65. The summed E-state index contributed by atoms with van der Waals surface area (Å²) < 4.78 is 0. The van der Waals surface area contributed by atoms with Gasteiger partial charge in [-0.15, -0.1) is 0 Å². The van der Waals surface area contributed by atoms with E-state index in [1.807, 2.05) is 18.7 Å². The van der Waals surface area contributed by atoms with E-state index in [4.69, 9.17) is 5.11 Å². The Morgan fingerprint density at radius 2 is 2.45 bits per heavy atom. The van der Waals surface area contributed by atoms with Gasteiger partial charge in [0.25, 0.3) is 0 Å². The van der Waals surface area contributed by atoms with Crippen LogP contribution in [0, 0.1) is 0 Å². The highest BCUT2D eigenvalue weighted by atomic mass is 32.2. The molecule has 0 radical (unpaired) electrons. The normalized spacial score (nSPS) is 34.1. The average molecular weight is 175 g/mol. The number of nitrogens with one attached hydrogen (secondary N) is 1. The molecule has 0 aromatic rings. The first kappa shape index (κ1) is 9.36. The summed E-state index contributed by atoms with van der Waals surface area (Å²) in [6, 6.07) is 0.864. The van der Waals surface area contributed by atoms with Crippen LogP contribution in [-0.2, 0) is 0 Å². The van der Waals surface area contributed by atoms with Crippen LogP contribution in [-0.4, -0.2) is 34.8 Å². The number of thioether (sulfide) groups is 1. The largest absolute Gasteiger partial charge is 0.395 e. The van der Waals surface area contributed by atoms with Gasteiger partial charge < -0.3 is 10.4 Å². The Hall–Kier alpha value is 0.270. The minimum atomic E-state index is 0.244. The van der Waals surface area contributed by atoms with Crippen molar-refractivity contribution in [1.29, 1.82) is 0 Å². The highest BCUT2D eigenvalue weighted by Gasteiger charge is 2.24.